The summed E-state index contributed by atoms with van der Waals surface area (Å²) in [7, 11) is -4.24. The second kappa shape index (κ2) is 29.7. The van der Waals surface area contributed by atoms with Crippen LogP contribution in [-0.4, -0.2) is 128 Å². The van der Waals surface area contributed by atoms with Gasteiger partial charge in [-0.15, -0.1) is 0 Å². The number of para-hydroxylation sites is 1. The van der Waals surface area contributed by atoms with Crippen molar-refractivity contribution in [3.05, 3.63) is 95.6 Å². The van der Waals surface area contributed by atoms with Gasteiger partial charge in [0.2, 0.25) is 35.4 Å². The Bertz CT molecular complexity index is 2550. The number of carbonyl (C=O) groups is 7. The number of epoxide rings is 1. The van der Waals surface area contributed by atoms with E-state index < -0.39 is 57.8 Å². The van der Waals surface area contributed by atoms with Gasteiger partial charge in [0, 0.05) is 51.0 Å². The van der Waals surface area contributed by atoms with Gasteiger partial charge in [-0.25, -0.2) is 13.1 Å². The SMILES string of the molecule is CC(=O)OC(C)C=CC(=O)NC1CC(C)C(CC=C(C)C=CC2OC(CC(=O)NCc3ccc(S(=O)(=O)NC(=O)CCc4ccccc4NC(=O)CNC(=O)CCCCCNC(=O)CBr)cc3)CC3(CO3)C2O)OC1C. The Morgan fingerprint density at radius 2 is 1.62 bits per heavy atom. The average molecular weight is 1140 g/mol. The zero-order chi connectivity index (χ0) is 55.4. The van der Waals surface area contributed by atoms with E-state index in [1.54, 1.807) is 37.3 Å². The number of nitrogens with one attached hydrogen (secondary N) is 6. The van der Waals surface area contributed by atoms with Crippen molar-refractivity contribution in [1.82, 2.24) is 26.0 Å². The van der Waals surface area contributed by atoms with Crippen LogP contribution < -0.4 is 31.3 Å². The molecule has 6 amide bonds. The number of ether oxygens (including phenoxy) is 4. The van der Waals surface area contributed by atoms with Gasteiger partial charge in [0.15, 0.2) is 0 Å². The monoisotopic (exact) mass is 1140 g/mol. The molecule has 9 atom stereocenters. The van der Waals surface area contributed by atoms with Crippen LogP contribution in [-0.2, 0) is 75.5 Å². The highest BCUT2D eigenvalue weighted by Crippen LogP contribution is 2.43. The van der Waals surface area contributed by atoms with Gasteiger partial charge in [-0.2, -0.15) is 0 Å². The van der Waals surface area contributed by atoms with Crippen LogP contribution >= 0.6 is 15.9 Å². The van der Waals surface area contributed by atoms with Crippen molar-refractivity contribution >= 4 is 73.1 Å². The molecule has 3 fully saturated rings. The van der Waals surface area contributed by atoms with E-state index in [0.29, 0.717) is 49.2 Å². The Kier molecular flexibility index (Phi) is 23.8. The first kappa shape index (κ1) is 61.1. The molecule has 20 nitrogen and oxygen atoms in total. The molecule has 5 rings (SSSR count). The van der Waals surface area contributed by atoms with Gasteiger partial charge in [0.1, 0.15) is 23.9 Å². The number of rotatable bonds is 27. The van der Waals surface area contributed by atoms with E-state index in [0.717, 1.165) is 24.8 Å². The number of sulfonamides is 1. The van der Waals surface area contributed by atoms with Gasteiger partial charge < -0.3 is 50.6 Å². The lowest BCUT2D eigenvalue weighted by Crippen LogP contribution is -2.50. The number of hydrogen-bond donors (Lipinski definition) is 7. The smallest absolute Gasteiger partial charge is 0.303 e. The second-order valence-corrected chi connectivity index (χ2v) is 21.8. The zero-order valence-electron chi connectivity index (χ0n) is 43.8. The molecule has 2 aromatic rings. The molecule has 3 saturated heterocycles. The molecule has 0 aliphatic carbocycles. The summed E-state index contributed by atoms with van der Waals surface area (Å²) in [6.45, 7) is 9.62. The number of amides is 6. The number of alkyl halides is 1. The van der Waals surface area contributed by atoms with Crippen LogP contribution in [0.4, 0.5) is 5.69 Å². The summed E-state index contributed by atoms with van der Waals surface area (Å²) in [5, 5.41) is 25.3. The normalized spacial score (nSPS) is 23.8. The van der Waals surface area contributed by atoms with Gasteiger partial charge in [-0.3, -0.25) is 33.6 Å². The summed E-state index contributed by atoms with van der Waals surface area (Å²) in [4.78, 5) is 85.7. The van der Waals surface area contributed by atoms with Crippen LogP contribution in [0.2, 0.25) is 0 Å². The molecule has 9 unspecified atom stereocenters. The van der Waals surface area contributed by atoms with Crippen LogP contribution in [0.3, 0.4) is 0 Å². The van der Waals surface area contributed by atoms with Gasteiger partial charge >= 0.3 is 5.97 Å². The molecule has 0 bridgehead atoms. The molecular formula is C54H73BrN6O14S. The van der Waals surface area contributed by atoms with Gasteiger partial charge in [-0.05, 0) is 94.2 Å². The third kappa shape index (κ3) is 20.3. The lowest BCUT2D eigenvalue weighted by atomic mass is 9.87. The van der Waals surface area contributed by atoms with Gasteiger partial charge in [0.25, 0.3) is 10.0 Å². The van der Waals surface area contributed by atoms with Crippen LogP contribution in [0.25, 0.3) is 0 Å². The topological polar surface area (TPSA) is 286 Å². The fraction of sp³-hybridized carbons (Fsp3) is 0.537. The van der Waals surface area contributed by atoms with Crippen molar-refractivity contribution in [3.63, 3.8) is 0 Å². The van der Waals surface area contributed by atoms with E-state index in [9.17, 15) is 47.1 Å². The van der Waals surface area contributed by atoms with Crippen molar-refractivity contribution in [2.75, 3.05) is 30.3 Å². The van der Waals surface area contributed by atoms with E-state index in [1.807, 2.05) is 19.9 Å². The molecule has 0 saturated carbocycles. The number of halogens is 1. The lowest BCUT2D eigenvalue weighted by molar-refractivity contribution is -0.145. The van der Waals surface area contributed by atoms with E-state index >= 15 is 0 Å². The summed E-state index contributed by atoms with van der Waals surface area (Å²) in [6, 6.07) is 12.3. The average Bonchev–Trinajstić information content (AvgIpc) is 4.16. The number of aryl methyl sites for hydroxylation is 1. The minimum absolute atomic E-state index is 0.00547. The van der Waals surface area contributed by atoms with Crippen molar-refractivity contribution < 1.29 is 66.0 Å². The third-order valence-electron chi connectivity index (χ3n) is 13.2. The number of allylic oxidation sites excluding steroid dienone is 2. The van der Waals surface area contributed by atoms with E-state index in [2.05, 4.69) is 60.2 Å². The number of carbonyl (C=O) groups excluding carboxylic acids is 7. The van der Waals surface area contributed by atoms with E-state index in [-0.39, 0.29) is 96.8 Å². The number of benzene rings is 2. The molecule has 0 aromatic heterocycles. The number of hydrogen-bond acceptors (Lipinski definition) is 14. The summed E-state index contributed by atoms with van der Waals surface area (Å²) in [5.74, 6) is -2.50. The lowest BCUT2D eigenvalue weighted by Gasteiger charge is -2.39. The maximum atomic E-state index is 13.2. The highest BCUT2D eigenvalue weighted by atomic mass is 79.9. The summed E-state index contributed by atoms with van der Waals surface area (Å²) >= 11 is 3.08. The first-order valence-corrected chi connectivity index (χ1v) is 28.3. The Hall–Kier alpha value is -5.78. The molecule has 416 valence electrons. The summed E-state index contributed by atoms with van der Waals surface area (Å²) < 4.78 is 51.7. The summed E-state index contributed by atoms with van der Waals surface area (Å²) in [5.41, 5.74) is 1.73. The Labute approximate surface area is 453 Å². The molecule has 3 heterocycles. The van der Waals surface area contributed by atoms with Crippen LogP contribution in [0.15, 0.2) is 89.4 Å². The molecule has 22 heteroatoms. The van der Waals surface area contributed by atoms with Crippen molar-refractivity contribution in [3.8, 4) is 0 Å². The maximum absolute atomic E-state index is 13.2. The largest absolute Gasteiger partial charge is 0.459 e. The molecule has 2 aromatic carbocycles. The number of aliphatic hydroxyl groups excluding tert-OH is 1. The van der Waals surface area contributed by atoms with Crippen LogP contribution in [0.5, 0.6) is 0 Å². The highest BCUT2D eigenvalue weighted by Gasteiger charge is 2.58. The molecule has 7 N–H and O–H groups in total. The highest BCUT2D eigenvalue weighted by molar-refractivity contribution is 9.09. The number of anilines is 1. The molecule has 3 aliphatic rings. The van der Waals surface area contributed by atoms with Crippen molar-refractivity contribution in [2.45, 2.75) is 159 Å². The maximum Gasteiger partial charge on any atom is 0.303 e. The fourth-order valence-electron chi connectivity index (χ4n) is 8.85. The second-order valence-electron chi connectivity index (χ2n) is 19.6. The predicted molar refractivity (Wildman–Crippen MR) is 286 cm³/mol. The van der Waals surface area contributed by atoms with Gasteiger partial charge in [-0.1, -0.05) is 83.4 Å². The van der Waals surface area contributed by atoms with Crippen LogP contribution in [0.1, 0.15) is 104 Å². The first-order chi connectivity index (χ1) is 36.1. The molecule has 76 heavy (non-hydrogen) atoms. The molecule has 0 radical (unpaired) electrons. The standard InChI is InChI=1S/C54H73BrN6O14S/c1-34(14-22-45-35(2)27-44(37(4)74-45)60-48(64)24-16-36(3)73-38(5)62)15-23-46-53(69)54(33-72-54)29-41(75-46)28-50(66)57-31-39-17-20-42(21-18-39)76(70,71)61-49(65)25-19-40-11-8-9-12-43(40)59-52(68)32-58-47(63)13-7-6-10-26-56-51(67)30-55/h8-9,11-12,14-18,20-21,23-24,35-37,41,44-46,53,69H,6-7,10,13,19,22,25-33H2,1-5H3,(H,56,67)(H,57,66)(H,58,63)(H,59,68)(H,60,64)(H,61,65). The van der Waals surface area contributed by atoms with E-state index in [1.165, 1.54) is 43.3 Å². The Balaban J connectivity index is 1.02. The minimum atomic E-state index is -4.24. The minimum Gasteiger partial charge on any atom is -0.459 e. The fourth-order valence-corrected chi connectivity index (χ4v) is 10.1. The number of esters is 1. The summed E-state index contributed by atoms with van der Waals surface area (Å²) in [6.07, 6.45) is 9.39. The quantitative estimate of drug-likeness (QED) is 0.0165. The Morgan fingerprint density at radius 1 is 0.882 bits per heavy atom. The number of aliphatic hydroxyl groups is 1. The zero-order valence-corrected chi connectivity index (χ0v) is 46.2. The van der Waals surface area contributed by atoms with E-state index in [4.69, 9.17) is 18.9 Å². The molecular weight excluding hydrogens is 1070 g/mol. The number of unbranched alkanes of at least 4 members (excludes halogenated alkanes) is 2. The van der Waals surface area contributed by atoms with Crippen LogP contribution in [0, 0.1) is 5.92 Å². The van der Waals surface area contributed by atoms with Crippen molar-refractivity contribution in [2.24, 2.45) is 5.92 Å². The Morgan fingerprint density at radius 3 is 2.33 bits per heavy atom. The first-order valence-electron chi connectivity index (χ1n) is 25.7. The predicted octanol–water partition coefficient (Wildman–Crippen LogP) is 4.24. The van der Waals surface area contributed by atoms with Gasteiger partial charge in [0.05, 0.1) is 54.2 Å². The molecule has 1 spiro atoms. The van der Waals surface area contributed by atoms with Crippen molar-refractivity contribution in [1.29, 1.82) is 0 Å². The molecule has 3 aliphatic heterocycles. The third-order valence-corrected chi connectivity index (χ3v) is 15.1.